The minimum atomic E-state index is -1.04. The summed E-state index contributed by atoms with van der Waals surface area (Å²) in [5.41, 5.74) is 0.608. The number of hydrogen-bond donors (Lipinski definition) is 2. The van der Waals surface area contributed by atoms with Gasteiger partial charge in [-0.05, 0) is 30.9 Å². The molecule has 0 radical (unpaired) electrons. The van der Waals surface area contributed by atoms with Gasteiger partial charge in [-0.15, -0.1) is 10.2 Å². The lowest BCUT2D eigenvalue weighted by atomic mass is 10.3. The van der Waals surface area contributed by atoms with Crippen LogP contribution in [-0.4, -0.2) is 31.6 Å². The van der Waals surface area contributed by atoms with E-state index in [2.05, 4.69) is 15.5 Å². The van der Waals surface area contributed by atoms with Gasteiger partial charge in [0, 0.05) is 12.6 Å². The monoisotopic (exact) mass is 260 g/mol. The molecule has 2 N–H and O–H groups in total. The third-order valence-electron chi connectivity index (χ3n) is 3.07. The first-order valence-corrected chi connectivity index (χ1v) is 6.01. The summed E-state index contributed by atoms with van der Waals surface area (Å²) in [4.78, 5) is 22.6. The largest absolute Gasteiger partial charge is 0.478 e. The summed E-state index contributed by atoms with van der Waals surface area (Å²) in [6.07, 6.45) is 4.06. The van der Waals surface area contributed by atoms with Crippen molar-refractivity contribution < 1.29 is 14.7 Å². The van der Waals surface area contributed by atoms with E-state index in [4.69, 9.17) is 5.11 Å². The van der Waals surface area contributed by atoms with Crippen LogP contribution in [0.3, 0.4) is 0 Å². The Morgan fingerprint density at radius 1 is 1.37 bits per heavy atom. The topological polar surface area (TPSA) is 96.6 Å². The van der Waals surface area contributed by atoms with E-state index < -0.39 is 5.97 Å². The number of carboxylic acid groups (broad SMARTS) is 1. The van der Waals surface area contributed by atoms with Gasteiger partial charge in [-0.2, -0.15) is 0 Å². The van der Waals surface area contributed by atoms with Crippen LogP contribution in [0.5, 0.6) is 0 Å². The fourth-order valence-electron chi connectivity index (χ4n) is 1.86. The Hall–Kier alpha value is -2.44. The van der Waals surface area contributed by atoms with Crippen molar-refractivity contribution in [2.75, 3.05) is 5.32 Å². The number of fused-ring (bicyclic) bond motifs is 1. The van der Waals surface area contributed by atoms with Crippen molar-refractivity contribution in [1.29, 1.82) is 0 Å². The van der Waals surface area contributed by atoms with Crippen molar-refractivity contribution in [3.8, 4) is 0 Å². The van der Waals surface area contributed by atoms with E-state index in [1.165, 1.54) is 16.7 Å². The highest BCUT2D eigenvalue weighted by Crippen LogP contribution is 2.32. The molecule has 98 valence electrons. The molecule has 3 rings (SSSR count). The van der Waals surface area contributed by atoms with Gasteiger partial charge in [0.1, 0.15) is 0 Å². The lowest BCUT2D eigenvalue weighted by Crippen LogP contribution is -2.14. The number of amides is 1. The van der Waals surface area contributed by atoms with Crippen LogP contribution in [0, 0.1) is 5.92 Å². The maximum Gasteiger partial charge on any atom is 0.337 e. The molecule has 1 amide bonds. The van der Waals surface area contributed by atoms with E-state index in [0.717, 1.165) is 12.8 Å². The van der Waals surface area contributed by atoms with Gasteiger partial charge in [0.2, 0.25) is 11.9 Å². The molecular weight excluding hydrogens is 248 g/mol. The molecule has 0 atom stereocenters. The Labute approximate surface area is 108 Å². The minimum Gasteiger partial charge on any atom is -0.478 e. The summed E-state index contributed by atoms with van der Waals surface area (Å²) in [5.74, 6) is -0.416. The number of rotatable bonds is 4. The third kappa shape index (κ3) is 2.40. The lowest BCUT2D eigenvalue weighted by Gasteiger charge is -2.03. The van der Waals surface area contributed by atoms with Crippen molar-refractivity contribution in [1.82, 2.24) is 14.6 Å². The van der Waals surface area contributed by atoms with Gasteiger partial charge in [0.25, 0.3) is 0 Å². The van der Waals surface area contributed by atoms with Crippen LogP contribution in [-0.2, 0) is 4.79 Å². The summed E-state index contributed by atoms with van der Waals surface area (Å²) >= 11 is 0. The quantitative estimate of drug-likeness (QED) is 0.860. The summed E-state index contributed by atoms with van der Waals surface area (Å²) in [6, 6.07) is 3.00. The highest BCUT2D eigenvalue weighted by molar-refractivity contribution is 5.90. The smallest absolute Gasteiger partial charge is 0.337 e. The molecule has 19 heavy (non-hydrogen) atoms. The lowest BCUT2D eigenvalue weighted by molar-refractivity contribution is -0.116. The zero-order valence-electron chi connectivity index (χ0n) is 10.0. The molecule has 0 unspecified atom stereocenters. The minimum absolute atomic E-state index is 0.113. The molecule has 7 nitrogen and oxygen atoms in total. The van der Waals surface area contributed by atoms with Crippen LogP contribution in [0.2, 0.25) is 0 Å². The Morgan fingerprint density at radius 3 is 2.84 bits per heavy atom. The number of anilines is 1. The number of pyridine rings is 1. The number of carbonyl (C=O) groups excluding carboxylic acids is 1. The van der Waals surface area contributed by atoms with Crippen molar-refractivity contribution in [3.05, 3.63) is 23.9 Å². The number of nitrogens with one attached hydrogen (secondary N) is 1. The van der Waals surface area contributed by atoms with Gasteiger partial charge in [0.05, 0.1) is 5.56 Å². The number of aromatic nitrogens is 3. The van der Waals surface area contributed by atoms with Gasteiger partial charge in [-0.25, -0.2) is 4.79 Å². The molecule has 0 spiro atoms. The van der Waals surface area contributed by atoms with Crippen LogP contribution < -0.4 is 5.32 Å². The predicted molar refractivity (Wildman–Crippen MR) is 65.9 cm³/mol. The Balaban J connectivity index is 1.87. The van der Waals surface area contributed by atoms with Crippen LogP contribution in [0.1, 0.15) is 29.6 Å². The molecule has 2 heterocycles. The third-order valence-corrected chi connectivity index (χ3v) is 3.07. The first-order valence-electron chi connectivity index (χ1n) is 6.01. The summed E-state index contributed by atoms with van der Waals surface area (Å²) in [7, 11) is 0. The van der Waals surface area contributed by atoms with E-state index >= 15 is 0 Å². The second-order valence-electron chi connectivity index (χ2n) is 4.67. The van der Waals surface area contributed by atoms with E-state index in [9.17, 15) is 9.59 Å². The Morgan fingerprint density at radius 2 is 2.16 bits per heavy atom. The van der Waals surface area contributed by atoms with Gasteiger partial charge >= 0.3 is 5.97 Å². The standard InChI is InChI=1S/C12H12N4O3/c17-10(5-7-1-2-7)13-12-15-14-9-4-3-8(11(18)19)6-16(9)12/h3-4,6-7H,1-2,5H2,(H,18,19)(H,13,15,17). The summed E-state index contributed by atoms with van der Waals surface area (Å²) in [5, 5.41) is 19.3. The second-order valence-corrected chi connectivity index (χ2v) is 4.67. The van der Waals surface area contributed by atoms with E-state index in [1.54, 1.807) is 6.07 Å². The van der Waals surface area contributed by atoms with Crippen LogP contribution in [0.15, 0.2) is 18.3 Å². The fourth-order valence-corrected chi connectivity index (χ4v) is 1.86. The van der Waals surface area contributed by atoms with Crippen molar-refractivity contribution in [2.45, 2.75) is 19.3 Å². The highest BCUT2D eigenvalue weighted by atomic mass is 16.4. The molecule has 1 saturated carbocycles. The van der Waals surface area contributed by atoms with Gasteiger partial charge in [-0.3, -0.25) is 14.5 Å². The number of carbonyl (C=O) groups is 2. The summed E-state index contributed by atoms with van der Waals surface area (Å²) < 4.78 is 1.47. The number of carboxylic acids is 1. The molecule has 2 aromatic rings. The Bertz CT molecular complexity index is 660. The zero-order valence-corrected chi connectivity index (χ0v) is 10.0. The van der Waals surface area contributed by atoms with Gasteiger partial charge in [0.15, 0.2) is 5.65 Å². The van der Waals surface area contributed by atoms with Crippen molar-refractivity contribution in [3.63, 3.8) is 0 Å². The van der Waals surface area contributed by atoms with E-state index in [0.29, 0.717) is 18.0 Å². The molecule has 1 aliphatic rings. The molecule has 0 aliphatic heterocycles. The van der Waals surface area contributed by atoms with Crippen LogP contribution in [0.4, 0.5) is 5.95 Å². The molecule has 1 aliphatic carbocycles. The normalized spacial score (nSPS) is 14.5. The fraction of sp³-hybridized carbons (Fsp3) is 0.333. The molecule has 0 aromatic carbocycles. The SMILES string of the molecule is O=C(CC1CC1)Nc1nnc2ccc(C(=O)O)cn12. The van der Waals surface area contributed by atoms with Gasteiger partial charge < -0.3 is 5.11 Å². The van der Waals surface area contributed by atoms with E-state index in [-0.39, 0.29) is 17.4 Å². The van der Waals surface area contributed by atoms with Crippen LogP contribution >= 0.6 is 0 Å². The Kier molecular flexibility index (Phi) is 2.66. The average molecular weight is 260 g/mol. The van der Waals surface area contributed by atoms with Crippen LogP contribution in [0.25, 0.3) is 5.65 Å². The first kappa shape index (κ1) is 11.6. The molecule has 0 saturated heterocycles. The molecular formula is C12H12N4O3. The number of aromatic carboxylic acids is 1. The average Bonchev–Trinajstić information content (AvgIpc) is 3.09. The van der Waals surface area contributed by atoms with Gasteiger partial charge in [-0.1, -0.05) is 0 Å². The first-order chi connectivity index (χ1) is 9.13. The number of hydrogen-bond acceptors (Lipinski definition) is 4. The second kappa shape index (κ2) is 4.34. The maximum atomic E-state index is 11.7. The molecule has 0 bridgehead atoms. The maximum absolute atomic E-state index is 11.7. The highest BCUT2D eigenvalue weighted by Gasteiger charge is 2.25. The molecule has 7 heteroatoms. The van der Waals surface area contributed by atoms with Crippen molar-refractivity contribution >= 4 is 23.5 Å². The number of nitrogens with zero attached hydrogens (tertiary/aromatic N) is 3. The summed E-state index contributed by atoms with van der Waals surface area (Å²) in [6.45, 7) is 0. The van der Waals surface area contributed by atoms with E-state index in [1.807, 2.05) is 0 Å². The predicted octanol–water partition coefficient (Wildman–Crippen LogP) is 1.17. The zero-order chi connectivity index (χ0) is 13.4. The molecule has 2 aromatic heterocycles. The molecule has 1 fully saturated rings. The van der Waals surface area contributed by atoms with Crippen molar-refractivity contribution in [2.24, 2.45) is 5.92 Å².